The van der Waals surface area contributed by atoms with E-state index in [2.05, 4.69) is 10.3 Å². The second-order valence-electron chi connectivity index (χ2n) is 6.13. The first-order valence-corrected chi connectivity index (χ1v) is 7.27. The van der Waals surface area contributed by atoms with Gasteiger partial charge in [-0.2, -0.15) is 0 Å². The van der Waals surface area contributed by atoms with Gasteiger partial charge in [-0.1, -0.05) is 0 Å². The van der Waals surface area contributed by atoms with Crippen molar-refractivity contribution in [3.8, 4) is 0 Å². The zero-order valence-corrected chi connectivity index (χ0v) is 13.4. The van der Waals surface area contributed by atoms with Crippen molar-refractivity contribution in [3.63, 3.8) is 0 Å². The molecule has 5 nitrogen and oxygen atoms in total. The predicted molar refractivity (Wildman–Crippen MR) is 85.0 cm³/mol. The number of nitrogens with zero attached hydrogens (tertiary/aromatic N) is 2. The van der Waals surface area contributed by atoms with E-state index in [1.165, 1.54) is 25.5 Å². The summed E-state index contributed by atoms with van der Waals surface area (Å²) in [6.45, 7) is 3.20. The number of carbonyl (C=O) groups excluding carboxylic acids is 2. The molecule has 124 valence electrons. The minimum Gasteiger partial charge on any atom is -0.317 e. The summed E-state index contributed by atoms with van der Waals surface area (Å²) in [6, 6.07) is 4.11. The van der Waals surface area contributed by atoms with Crippen molar-refractivity contribution in [1.29, 1.82) is 0 Å². The van der Waals surface area contributed by atoms with E-state index in [0.29, 0.717) is 0 Å². The molecule has 1 aromatic carbocycles. The van der Waals surface area contributed by atoms with E-state index in [0.717, 1.165) is 11.0 Å². The first kappa shape index (κ1) is 16.0. The summed E-state index contributed by atoms with van der Waals surface area (Å²) < 4.78 is 29.2. The predicted octanol–water partition coefficient (Wildman–Crippen LogP) is 2.87. The monoisotopic (exact) mass is 331 g/mol. The third-order valence-corrected chi connectivity index (χ3v) is 4.20. The third-order valence-electron chi connectivity index (χ3n) is 4.20. The molecule has 0 bridgehead atoms. The van der Waals surface area contributed by atoms with Crippen LogP contribution in [0.25, 0.3) is 0 Å². The molecule has 0 unspecified atom stereocenters. The Morgan fingerprint density at radius 3 is 2.67 bits per heavy atom. The maximum Gasteiger partial charge on any atom is 0.257 e. The summed E-state index contributed by atoms with van der Waals surface area (Å²) >= 11 is 0. The van der Waals surface area contributed by atoms with Crippen LogP contribution >= 0.6 is 0 Å². The molecule has 3 rings (SSSR count). The van der Waals surface area contributed by atoms with Crippen LogP contribution in [-0.4, -0.2) is 23.8 Å². The highest BCUT2D eigenvalue weighted by Crippen LogP contribution is 2.45. The molecule has 1 aliphatic heterocycles. The maximum atomic E-state index is 14.8. The lowest BCUT2D eigenvalue weighted by Gasteiger charge is -2.16. The molecular weight excluding hydrogens is 316 g/mol. The Kier molecular flexibility index (Phi) is 3.59. The Balaban J connectivity index is 2.06. The SMILES string of the molecule is CN1C(=O)C(C)(C)c2cc(F)c(NC(=O)c3cccnc3)c(F)c21. The Morgan fingerprint density at radius 2 is 2.04 bits per heavy atom. The van der Waals surface area contributed by atoms with Gasteiger partial charge in [-0.15, -0.1) is 0 Å². The maximum absolute atomic E-state index is 14.8. The Labute approximate surface area is 137 Å². The average Bonchev–Trinajstić information content (AvgIpc) is 2.73. The Hall–Kier alpha value is -2.83. The number of likely N-dealkylation sites (N-methyl/N-ethyl adjacent to an activating group) is 1. The van der Waals surface area contributed by atoms with Gasteiger partial charge in [0.25, 0.3) is 5.91 Å². The molecule has 0 atom stereocenters. The van der Waals surface area contributed by atoms with E-state index in [9.17, 15) is 18.4 Å². The van der Waals surface area contributed by atoms with Crippen LogP contribution < -0.4 is 10.2 Å². The van der Waals surface area contributed by atoms with Crippen molar-refractivity contribution in [3.05, 3.63) is 53.4 Å². The second-order valence-corrected chi connectivity index (χ2v) is 6.13. The summed E-state index contributed by atoms with van der Waals surface area (Å²) in [7, 11) is 1.42. The van der Waals surface area contributed by atoms with Crippen molar-refractivity contribution >= 4 is 23.2 Å². The molecule has 0 spiro atoms. The lowest BCUT2D eigenvalue weighted by atomic mass is 9.86. The molecule has 1 aromatic heterocycles. The number of nitrogens with one attached hydrogen (secondary N) is 1. The summed E-state index contributed by atoms with van der Waals surface area (Å²) in [5.74, 6) is -2.93. The van der Waals surface area contributed by atoms with E-state index in [4.69, 9.17) is 0 Å². The number of hydrogen-bond donors (Lipinski definition) is 1. The van der Waals surface area contributed by atoms with Crippen LogP contribution in [0, 0.1) is 11.6 Å². The van der Waals surface area contributed by atoms with Gasteiger partial charge in [0.2, 0.25) is 5.91 Å². The number of halogens is 2. The zero-order valence-electron chi connectivity index (χ0n) is 13.4. The fourth-order valence-electron chi connectivity index (χ4n) is 2.85. The second kappa shape index (κ2) is 5.36. The molecule has 7 heteroatoms. The van der Waals surface area contributed by atoms with E-state index in [1.54, 1.807) is 19.9 Å². The highest BCUT2D eigenvalue weighted by atomic mass is 19.1. The minimum atomic E-state index is -1.03. The number of fused-ring (bicyclic) bond motifs is 1. The smallest absolute Gasteiger partial charge is 0.257 e. The number of benzene rings is 1. The standard InChI is InChI=1S/C17H15F2N3O2/c1-17(2)10-7-11(18)13(12(19)14(10)22(3)16(17)24)21-15(23)9-5-4-6-20-8-9/h4-8H,1-3H3,(H,21,23). The van der Waals surface area contributed by atoms with Crippen LogP contribution in [0.5, 0.6) is 0 Å². The van der Waals surface area contributed by atoms with E-state index in [-0.39, 0.29) is 22.7 Å². The van der Waals surface area contributed by atoms with Gasteiger partial charge >= 0.3 is 0 Å². The minimum absolute atomic E-state index is 0.0205. The summed E-state index contributed by atoms with van der Waals surface area (Å²) in [5.41, 5.74) is -1.21. The summed E-state index contributed by atoms with van der Waals surface area (Å²) in [6.07, 6.45) is 2.77. The van der Waals surface area contributed by atoms with Crippen molar-refractivity contribution in [2.75, 3.05) is 17.3 Å². The van der Waals surface area contributed by atoms with E-state index in [1.807, 2.05) is 0 Å². The molecule has 2 aromatic rings. The highest BCUT2D eigenvalue weighted by molar-refractivity contribution is 6.09. The van der Waals surface area contributed by atoms with Gasteiger partial charge in [0.05, 0.1) is 16.7 Å². The fourth-order valence-corrected chi connectivity index (χ4v) is 2.85. The van der Waals surface area contributed by atoms with Crippen LogP contribution in [0.1, 0.15) is 29.8 Å². The van der Waals surface area contributed by atoms with Gasteiger partial charge in [-0.3, -0.25) is 14.6 Å². The molecule has 0 radical (unpaired) electrons. The fraction of sp³-hybridized carbons (Fsp3) is 0.235. The number of carbonyl (C=O) groups is 2. The van der Waals surface area contributed by atoms with Crippen molar-refractivity contribution in [2.24, 2.45) is 0 Å². The molecule has 24 heavy (non-hydrogen) atoms. The first-order valence-electron chi connectivity index (χ1n) is 7.27. The summed E-state index contributed by atoms with van der Waals surface area (Å²) in [4.78, 5) is 29.3. The van der Waals surface area contributed by atoms with Gasteiger partial charge in [0.15, 0.2) is 5.82 Å². The molecule has 0 saturated heterocycles. The highest BCUT2D eigenvalue weighted by Gasteiger charge is 2.45. The number of pyridine rings is 1. The number of hydrogen-bond acceptors (Lipinski definition) is 3. The molecule has 2 amide bonds. The quantitative estimate of drug-likeness (QED) is 0.920. The Bertz CT molecular complexity index is 851. The van der Waals surface area contributed by atoms with Gasteiger partial charge in [-0.25, -0.2) is 8.78 Å². The van der Waals surface area contributed by atoms with Crippen molar-refractivity contribution < 1.29 is 18.4 Å². The van der Waals surface area contributed by atoms with Crippen LogP contribution in [0.2, 0.25) is 0 Å². The topological polar surface area (TPSA) is 62.3 Å². The third kappa shape index (κ3) is 2.24. The van der Waals surface area contributed by atoms with Gasteiger partial charge in [0.1, 0.15) is 11.5 Å². The molecule has 0 saturated carbocycles. The van der Waals surface area contributed by atoms with E-state index >= 15 is 0 Å². The van der Waals surface area contributed by atoms with Gasteiger partial charge < -0.3 is 10.2 Å². The molecular formula is C17H15F2N3O2. The van der Waals surface area contributed by atoms with Crippen LogP contribution in [0.3, 0.4) is 0 Å². The van der Waals surface area contributed by atoms with E-state index < -0.39 is 28.6 Å². The summed E-state index contributed by atoms with van der Waals surface area (Å²) in [5, 5.41) is 2.22. The number of rotatable bonds is 2. The first-order chi connectivity index (χ1) is 11.2. The largest absolute Gasteiger partial charge is 0.317 e. The number of anilines is 2. The average molecular weight is 331 g/mol. The molecule has 0 fully saturated rings. The Morgan fingerprint density at radius 1 is 1.33 bits per heavy atom. The van der Waals surface area contributed by atoms with Crippen molar-refractivity contribution in [2.45, 2.75) is 19.3 Å². The normalized spacial score (nSPS) is 15.4. The van der Waals surface area contributed by atoms with Crippen LogP contribution in [0.4, 0.5) is 20.2 Å². The molecule has 0 aliphatic carbocycles. The molecule has 1 N–H and O–H groups in total. The van der Waals surface area contributed by atoms with Gasteiger partial charge in [-0.05, 0) is 37.6 Å². The molecule has 1 aliphatic rings. The lowest BCUT2D eigenvalue weighted by molar-refractivity contribution is -0.121. The lowest BCUT2D eigenvalue weighted by Crippen LogP contribution is -2.33. The zero-order chi connectivity index (χ0) is 17.6. The van der Waals surface area contributed by atoms with Crippen LogP contribution in [-0.2, 0) is 10.2 Å². The molecule has 2 heterocycles. The number of amides is 2. The van der Waals surface area contributed by atoms with Crippen LogP contribution in [0.15, 0.2) is 30.6 Å². The van der Waals surface area contributed by atoms with Crippen molar-refractivity contribution in [1.82, 2.24) is 4.98 Å². The van der Waals surface area contributed by atoms with Gasteiger partial charge in [0, 0.05) is 19.4 Å². The number of aromatic nitrogens is 1.